The van der Waals surface area contributed by atoms with E-state index in [1.54, 1.807) is 37.3 Å². The first-order valence-corrected chi connectivity index (χ1v) is 10.1. The monoisotopic (exact) mass is 491 g/mol. The Labute approximate surface area is 185 Å². The zero-order chi connectivity index (χ0) is 22.7. The van der Waals surface area contributed by atoms with Gasteiger partial charge in [0.05, 0.1) is 6.54 Å². The van der Waals surface area contributed by atoms with Gasteiger partial charge in [-0.05, 0) is 46.1 Å². The standard InChI is InChI=1S/C22H20BrF2N3O3/c1-12-7-18(31-11-15-5-6-16(24)9-17(15)25)19(23)22(30)28(12)10-13-3-2-4-14(8-13)20(26)21(27)29/h2-9,20H,10-11,26H2,1H3,(H2,27,29). The van der Waals surface area contributed by atoms with Gasteiger partial charge in [0, 0.05) is 23.4 Å². The number of ether oxygens (including phenoxy) is 1. The summed E-state index contributed by atoms with van der Waals surface area (Å²) in [7, 11) is 0. The minimum absolute atomic E-state index is 0.165. The number of hydrogen-bond donors (Lipinski definition) is 2. The zero-order valence-electron chi connectivity index (χ0n) is 16.6. The van der Waals surface area contributed by atoms with Crippen molar-refractivity contribution in [1.29, 1.82) is 0 Å². The van der Waals surface area contributed by atoms with Crippen molar-refractivity contribution < 1.29 is 18.3 Å². The number of aromatic nitrogens is 1. The van der Waals surface area contributed by atoms with E-state index in [0.717, 1.165) is 17.7 Å². The maximum atomic E-state index is 13.8. The maximum Gasteiger partial charge on any atom is 0.269 e. The molecule has 0 spiro atoms. The van der Waals surface area contributed by atoms with Crippen LogP contribution in [0.2, 0.25) is 0 Å². The van der Waals surface area contributed by atoms with Gasteiger partial charge in [0.1, 0.15) is 34.5 Å². The van der Waals surface area contributed by atoms with Gasteiger partial charge in [-0.1, -0.05) is 24.3 Å². The summed E-state index contributed by atoms with van der Waals surface area (Å²) in [4.78, 5) is 24.2. The lowest BCUT2D eigenvalue weighted by atomic mass is 10.0. The maximum absolute atomic E-state index is 13.8. The minimum atomic E-state index is -0.938. The molecule has 0 fully saturated rings. The number of pyridine rings is 1. The van der Waals surface area contributed by atoms with E-state index in [2.05, 4.69) is 15.9 Å². The number of carbonyl (C=O) groups is 1. The molecule has 3 rings (SSSR count). The highest BCUT2D eigenvalue weighted by molar-refractivity contribution is 9.10. The molecule has 1 atom stereocenters. The molecule has 1 heterocycles. The number of rotatable bonds is 7. The lowest BCUT2D eigenvalue weighted by Crippen LogP contribution is -2.28. The Morgan fingerprint density at radius 1 is 1.19 bits per heavy atom. The summed E-state index contributed by atoms with van der Waals surface area (Å²) < 4.78 is 34.2. The summed E-state index contributed by atoms with van der Waals surface area (Å²) in [6, 6.07) is 10.9. The second-order valence-electron chi connectivity index (χ2n) is 7.00. The second-order valence-corrected chi connectivity index (χ2v) is 7.80. The van der Waals surface area contributed by atoms with Crippen LogP contribution in [-0.2, 0) is 17.9 Å². The predicted molar refractivity (Wildman–Crippen MR) is 115 cm³/mol. The van der Waals surface area contributed by atoms with Crippen LogP contribution in [0.25, 0.3) is 0 Å². The van der Waals surface area contributed by atoms with E-state index in [1.165, 1.54) is 10.6 Å². The number of aryl methyl sites for hydroxylation is 1. The molecule has 3 aromatic rings. The molecule has 2 aromatic carbocycles. The van der Waals surface area contributed by atoms with Crippen LogP contribution in [-0.4, -0.2) is 10.5 Å². The first-order valence-electron chi connectivity index (χ1n) is 9.27. The fourth-order valence-electron chi connectivity index (χ4n) is 3.04. The Hall–Kier alpha value is -3.04. The molecule has 0 saturated carbocycles. The number of hydrogen-bond acceptors (Lipinski definition) is 4. The quantitative estimate of drug-likeness (QED) is 0.529. The van der Waals surface area contributed by atoms with Crippen molar-refractivity contribution in [2.45, 2.75) is 26.1 Å². The van der Waals surface area contributed by atoms with E-state index in [9.17, 15) is 18.4 Å². The second kappa shape index (κ2) is 9.40. The van der Waals surface area contributed by atoms with Gasteiger partial charge in [0.25, 0.3) is 5.56 Å². The average Bonchev–Trinajstić information content (AvgIpc) is 2.73. The predicted octanol–water partition coefficient (Wildman–Crippen LogP) is 3.31. The lowest BCUT2D eigenvalue weighted by Gasteiger charge is -2.16. The molecule has 0 aliphatic rings. The molecule has 0 saturated heterocycles. The molecular formula is C22H20BrF2N3O3. The summed E-state index contributed by atoms with van der Waals surface area (Å²) in [5, 5.41) is 0. The van der Waals surface area contributed by atoms with E-state index in [4.69, 9.17) is 16.2 Å². The van der Waals surface area contributed by atoms with Crippen LogP contribution < -0.4 is 21.8 Å². The van der Waals surface area contributed by atoms with Gasteiger partial charge < -0.3 is 20.8 Å². The van der Waals surface area contributed by atoms with Crippen LogP contribution in [0.15, 0.2) is 57.8 Å². The van der Waals surface area contributed by atoms with E-state index in [-0.39, 0.29) is 34.5 Å². The Morgan fingerprint density at radius 2 is 1.94 bits per heavy atom. The number of halogens is 3. The van der Waals surface area contributed by atoms with Crippen LogP contribution >= 0.6 is 15.9 Å². The Morgan fingerprint density at radius 3 is 2.61 bits per heavy atom. The molecule has 31 heavy (non-hydrogen) atoms. The summed E-state index contributed by atoms with van der Waals surface area (Å²) in [5.41, 5.74) is 12.8. The highest BCUT2D eigenvalue weighted by Crippen LogP contribution is 2.25. The van der Waals surface area contributed by atoms with E-state index < -0.39 is 23.6 Å². The first-order chi connectivity index (χ1) is 14.7. The molecule has 9 heteroatoms. The number of carbonyl (C=O) groups excluding carboxylic acids is 1. The van der Waals surface area contributed by atoms with Gasteiger partial charge in [0.15, 0.2) is 0 Å². The molecule has 1 aromatic heterocycles. The van der Waals surface area contributed by atoms with Crippen LogP contribution in [0.5, 0.6) is 5.75 Å². The Balaban J connectivity index is 1.84. The van der Waals surface area contributed by atoms with Crippen molar-refractivity contribution in [1.82, 2.24) is 4.57 Å². The lowest BCUT2D eigenvalue weighted by molar-refractivity contribution is -0.119. The summed E-state index contributed by atoms with van der Waals surface area (Å²) in [6.07, 6.45) is 0. The average molecular weight is 492 g/mol. The largest absolute Gasteiger partial charge is 0.487 e. The number of primary amides is 1. The molecule has 0 bridgehead atoms. The third-order valence-electron chi connectivity index (χ3n) is 4.77. The molecule has 0 aliphatic heterocycles. The molecule has 0 radical (unpaired) electrons. The van der Waals surface area contributed by atoms with Gasteiger partial charge in [-0.15, -0.1) is 0 Å². The van der Waals surface area contributed by atoms with Gasteiger partial charge >= 0.3 is 0 Å². The topological polar surface area (TPSA) is 100 Å². The molecule has 1 amide bonds. The van der Waals surface area contributed by atoms with Crippen molar-refractivity contribution in [3.63, 3.8) is 0 Å². The fourth-order valence-corrected chi connectivity index (χ4v) is 3.49. The smallest absolute Gasteiger partial charge is 0.269 e. The van der Waals surface area contributed by atoms with Crippen LogP contribution in [0.1, 0.15) is 28.4 Å². The van der Waals surface area contributed by atoms with E-state index in [1.807, 2.05) is 0 Å². The highest BCUT2D eigenvalue weighted by Gasteiger charge is 2.16. The van der Waals surface area contributed by atoms with Crippen molar-refractivity contribution in [3.05, 3.63) is 97.4 Å². The summed E-state index contributed by atoms with van der Waals surface area (Å²) in [6.45, 7) is 1.80. The first kappa shape index (κ1) is 22.6. The van der Waals surface area contributed by atoms with E-state index in [0.29, 0.717) is 11.3 Å². The fraction of sp³-hybridized carbons (Fsp3) is 0.182. The van der Waals surface area contributed by atoms with Gasteiger partial charge in [-0.2, -0.15) is 0 Å². The highest BCUT2D eigenvalue weighted by atomic mass is 79.9. The van der Waals surface area contributed by atoms with Gasteiger partial charge in [0.2, 0.25) is 5.91 Å². The van der Waals surface area contributed by atoms with Crippen molar-refractivity contribution >= 4 is 21.8 Å². The van der Waals surface area contributed by atoms with E-state index >= 15 is 0 Å². The Bertz CT molecular complexity index is 1200. The SMILES string of the molecule is Cc1cc(OCc2ccc(F)cc2F)c(Br)c(=O)n1Cc1cccc(C(N)C(N)=O)c1. The molecule has 1 unspecified atom stereocenters. The number of benzene rings is 2. The molecular weight excluding hydrogens is 472 g/mol. The van der Waals surface area contributed by atoms with Gasteiger partial charge in [-0.3, -0.25) is 9.59 Å². The summed E-state index contributed by atoms with van der Waals surface area (Å²) >= 11 is 3.25. The normalized spacial score (nSPS) is 11.9. The van der Waals surface area contributed by atoms with Crippen LogP contribution in [0.4, 0.5) is 8.78 Å². The number of nitrogens with two attached hydrogens (primary N) is 2. The third kappa shape index (κ3) is 5.18. The minimum Gasteiger partial charge on any atom is -0.487 e. The molecule has 4 N–H and O–H groups in total. The van der Waals surface area contributed by atoms with Crippen molar-refractivity contribution in [2.24, 2.45) is 11.5 Å². The zero-order valence-corrected chi connectivity index (χ0v) is 18.2. The number of nitrogens with zero attached hydrogens (tertiary/aromatic N) is 1. The summed E-state index contributed by atoms with van der Waals surface area (Å²) in [5.74, 6) is -1.81. The molecule has 6 nitrogen and oxygen atoms in total. The van der Waals surface area contributed by atoms with Gasteiger partial charge in [-0.25, -0.2) is 8.78 Å². The molecule has 0 aliphatic carbocycles. The Kier molecular flexibility index (Phi) is 6.87. The van der Waals surface area contributed by atoms with Crippen molar-refractivity contribution in [2.75, 3.05) is 0 Å². The van der Waals surface area contributed by atoms with Crippen LogP contribution in [0, 0.1) is 18.6 Å². The van der Waals surface area contributed by atoms with Crippen molar-refractivity contribution in [3.8, 4) is 5.75 Å². The van der Waals surface area contributed by atoms with Crippen LogP contribution in [0.3, 0.4) is 0 Å². The third-order valence-corrected chi connectivity index (χ3v) is 5.50. The number of amides is 1. The molecule has 162 valence electrons.